The SMILES string of the molecule is CCCCc1ccc(C(=O)NCCC(=O)N2CCC3(CC2)NCCc2[nH]cnc23)cc1. The number of hydrogen-bond donors (Lipinski definition) is 3. The highest BCUT2D eigenvalue weighted by Crippen LogP contribution is 2.35. The van der Waals surface area contributed by atoms with Crippen LogP contribution in [0.2, 0.25) is 0 Å². The van der Waals surface area contributed by atoms with E-state index in [1.165, 1.54) is 11.3 Å². The molecule has 3 N–H and O–H groups in total. The number of aromatic nitrogens is 2. The first kappa shape index (κ1) is 21.6. The Bertz CT molecular complexity index is 897. The largest absolute Gasteiger partial charge is 0.352 e. The third-order valence-corrected chi connectivity index (χ3v) is 6.64. The fourth-order valence-corrected chi connectivity index (χ4v) is 4.73. The van der Waals surface area contributed by atoms with E-state index in [1.807, 2.05) is 29.2 Å². The van der Waals surface area contributed by atoms with Gasteiger partial charge in [-0.25, -0.2) is 4.98 Å². The van der Waals surface area contributed by atoms with Crippen LogP contribution in [0.4, 0.5) is 0 Å². The number of piperidine rings is 1. The molecule has 1 saturated heterocycles. The maximum absolute atomic E-state index is 12.7. The van der Waals surface area contributed by atoms with Gasteiger partial charge in [0.05, 0.1) is 17.6 Å². The third kappa shape index (κ3) is 4.82. The number of fused-ring (bicyclic) bond motifs is 2. The summed E-state index contributed by atoms with van der Waals surface area (Å²) in [7, 11) is 0. The van der Waals surface area contributed by atoms with Crippen LogP contribution >= 0.6 is 0 Å². The van der Waals surface area contributed by atoms with Crippen LogP contribution in [0, 0.1) is 0 Å². The highest BCUT2D eigenvalue weighted by Gasteiger charge is 2.41. The topological polar surface area (TPSA) is 90.1 Å². The number of likely N-dealkylation sites (tertiary alicyclic amines) is 1. The molecule has 1 fully saturated rings. The van der Waals surface area contributed by atoms with E-state index in [4.69, 9.17) is 0 Å². The van der Waals surface area contributed by atoms with Crippen LogP contribution in [-0.4, -0.2) is 52.9 Å². The molecule has 0 bridgehead atoms. The average molecular weight is 424 g/mol. The van der Waals surface area contributed by atoms with Crippen LogP contribution in [0.3, 0.4) is 0 Å². The van der Waals surface area contributed by atoms with Crippen molar-refractivity contribution in [1.82, 2.24) is 25.5 Å². The molecule has 31 heavy (non-hydrogen) atoms. The van der Waals surface area contributed by atoms with E-state index in [-0.39, 0.29) is 17.4 Å². The average Bonchev–Trinajstić information content (AvgIpc) is 3.29. The molecule has 7 heteroatoms. The Hall–Kier alpha value is -2.67. The number of carbonyl (C=O) groups excluding carboxylic acids is 2. The molecule has 1 aromatic carbocycles. The Morgan fingerprint density at radius 1 is 1.19 bits per heavy atom. The fraction of sp³-hybridized carbons (Fsp3) is 0.542. The zero-order chi connectivity index (χ0) is 21.7. The second-order valence-corrected chi connectivity index (χ2v) is 8.68. The smallest absolute Gasteiger partial charge is 0.251 e. The van der Waals surface area contributed by atoms with Gasteiger partial charge in [-0.1, -0.05) is 25.5 Å². The maximum atomic E-state index is 12.7. The van der Waals surface area contributed by atoms with Crippen LogP contribution in [0.5, 0.6) is 0 Å². The van der Waals surface area contributed by atoms with Crippen molar-refractivity contribution in [3.63, 3.8) is 0 Å². The van der Waals surface area contributed by atoms with Crippen LogP contribution in [0.15, 0.2) is 30.6 Å². The van der Waals surface area contributed by atoms with E-state index in [2.05, 4.69) is 27.5 Å². The highest BCUT2D eigenvalue weighted by molar-refractivity contribution is 5.94. The van der Waals surface area contributed by atoms with Gasteiger partial charge in [0.15, 0.2) is 0 Å². The second-order valence-electron chi connectivity index (χ2n) is 8.68. The molecule has 2 amide bonds. The number of unbranched alkanes of at least 4 members (excludes halogenated alkanes) is 1. The summed E-state index contributed by atoms with van der Waals surface area (Å²) in [5.41, 5.74) is 4.14. The molecular formula is C24H33N5O2. The molecule has 2 aliphatic heterocycles. The molecule has 2 aromatic rings. The van der Waals surface area contributed by atoms with Crippen molar-refractivity contribution in [3.8, 4) is 0 Å². The van der Waals surface area contributed by atoms with Crippen LogP contribution in [0.25, 0.3) is 0 Å². The van der Waals surface area contributed by atoms with Crippen molar-refractivity contribution < 1.29 is 9.59 Å². The molecule has 166 valence electrons. The fourth-order valence-electron chi connectivity index (χ4n) is 4.73. The van der Waals surface area contributed by atoms with Crippen molar-refractivity contribution in [1.29, 1.82) is 0 Å². The highest BCUT2D eigenvalue weighted by atomic mass is 16.2. The molecule has 0 saturated carbocycles. The van der Waals surface area contributed by atoms with E-state index < -0.39 is 0 Å². The van der Waals surface area contributed by atoms with Gasteiger partial charge >= 0.3 is 0 Å². The minimum absolute atomic E-state index is 0.100. The minimum Gasteiger partial charge on any atom is -0.352 e. The van der Waals surface area contributed by atoms with Crippen molar-refractivity contribution in [2.24, 2.45) is 0 Å². The number of rotatable bonds is 7. The van der Waals surface area contributed by atoms with Gasteiger partial charge in [-0.2, -0.15) is 0 Å². The third-order valence-electron chi connectivity index (χ3n) is 6.64. The molecule has 1 aromatic heterocycles. The molecule has 1 spiro atoms. The standard InChI is InChI=1S/C24H33N5O2/c1-2-3-4-18-5-7-19(8-6-18)23(31)25-13-10-21(30)29-15-11-24(12-16-29)22-20(9-14-28-24)26-17-27-22/h5-8,17,28H,2-4,9-16H2,1H3,(H,25,31)(H,26,27). The lowest BCUT2D eigenvalue weighted by atomic mass is 9.80. The van der Waals surface area contributed by atoms with Crippen LogP contribution < -0.4 is 10.6 Å². The van der Waals surface area contributed by atoms with Gasteiger partial charge in [-0.3, -0.25) is 9.59 Å². The van der Waals surface area contributed by atoms with Crippen molar-refractivity contribution in [3.05, 3.63) is 53.1 Å². The molecule has 0 unspecified atom stereocenters. The summed E-state index contributed by atoms with van der Waals surface area (Å²) < 4.78 is 0. The molecule has 7 nitrogen and oxygen atoms in total. The number of carbonyl (C=O) groups is 2. The first-order valence-electron chi connectivity index (χ1n) is 11.5. The predicted octanol–water partition coefficient (Wildman–Crippen LogP) is 2.54. The normalized spacial score (nSPS) is 17.4. The molecule has 3 heterocycles. The Morgan fingerprint density at radius 2 is 1.97 bits per heavy atom. The summed E-state index contributed by atoms with van der Waals surface area (Å²) in [6.45, 7) is 4.90. The number of imidazole rings is 1. The summed E-state index contributed by atoms with van der Waals surface area (Å²) in [4.78, 5) is 34.8. The molecule has 4 rings (SSSR count). The molecule has 2 aliphatic rings. The monoisotopic (exact) mass is 423 g/mol. The van der Waals surface area contributed by atoms with E-state index in [1.54, 1.807) is 6.33 Å². The number of amides is 2. The Morgan fingerprint density at radius 3 is 2.71 bits per heavy atom. The van der Waals surface area contributed by atoms with Gasteiger partial charge in [0.2, 0.25) is 5.91 Å². The van der Waals surface area contributed by atoms with Crippen molar-refractivity contribution >= 4 is 11.8 Å². The predicted molar refractivity (Wildman–Crippen MR) is 120 cm³/mol. The number of benzene rings is 1. The zero-order valence-electron chi connectivity index (χ0n) is 18.4. The Balaban J connectivity index is 1.22. The summed E-state index contributed by atoms with van der Waals surface area (Å²) in [6, 6.07) is 7.77. The number of nitrogens with zero attached hydrogens (tertiary/aromatic N) is 2. The summed E-state index contributed by atoms with van der Waals surface area (Å²) in [5.74, 6) is -0.0203. The number of aryl methyl sites for hydroxylation is 1. The lowest BCUT2D eigenvalue weighted by Gasteiger charge is -2.44. The van der Waals surface area contributed by atoms with E-state index in [0.29, 0.717) is 31.6 Å². The molecule has 0 radical (unpaired) electrons. The molecular weight excluding hydrogens is 390 g/mol. The maximum Gasteiger partial charge on any atom is 0.251 e. The molecule has 0 atom stereocenters. The number of hydrogen-bond acceptors (Lipinski definition) is 4. The quantitative estimate of drug-likeness (QED) is 0.638. The van der Waals surface area contributed by atoms with Gasteiger partial charge in [0, 0.05) is 50.3 Å². The van der Waals surface area contributed by atoms with Gasteiger partial charge < -0.3 is 20.5 Å². The van der Waals surface area contributed by atoms with E-state index in [9.17, 15) is 9.59 Å². The summed E-state index contributed by atoms with van der Waals surface area (Å²) in [6.07, 6.45) is 8.17. The lowest BCUT2D eigenvalue weighted by Crippen LogP contribution is -2.55. The lowest BCUT2D eigenvalue weighted by molar-refractivity contribution is -0.132. The minimum atomic E-state index is -0.120. The summed E-state index contributed by atoms with van der Waals surface area (Å²) >= 11 is 0. The first-order valence-corrected chi connectivity index (χ1v) is 11.5. The van der Waals surface area contributed by atoms with E-state index in [0.717, 1.165) is 50.8 Å². The van der Waals surface area contributed by atoms with Gasteiger partial charge in [-0.05, 0) is 43.4 Å². The van der Waals surface area contributed by atoms with Crippen LogP contribution in [-0.2, 0) is 23.2 Å². The van der Waals surface area contributed by atoms with Crippen molar-refractivity contribution in [2.45, 2.75) is 57.4 Å². The van der Waals surface area contributed by atoms with Gasteiger partial charge in [0.25, 0.3) is 5.91 Å². The Kier molecular flexibility index (Phi) is 6.70. The number of aromatic amines is 1. The van der Waals surface area contributed by atoms with Crippen molar-refractivity contribution in [2.75, 3.05) is 26.2 Å². The Labute approximate surface area is 184 Å². The number of nitrogens with one attached hydrogen (secondary N) is 3. The first-order chi connectivity index (χ1) is 15.1. The zero-order valence-corrected chi connectivity index (χ0v) is 18.4. The second kappa shape index (κ2) is 9.64. The van der Waals surface area contributed by atoms with Gasteiger partial charge in [0.1, 0.15) is 0 Å². The van der Waals surface area contributed by atoms with Crippen LogP contribution in [0.1, 0.15) is 66.3 Å². The van der Waals surface area contributed by atoms with E-state index >= 15 is 0 Å². The summed E-state index contributed by atoms with van der Waals surface area (Å²) in [5, 5.41) is 6.54. The number of H-pyrrole nitrogens is 1. The van der Waals surface area contributed by atoms with Gasteiger partial charge in [-0.15, -0.1) is 0 Å². The molecule has 0 aliphatic carbocycles.